The zero-order valence-electron chi connectivity index (χ0n) is 12.7. The number of hydrogen-bond donors (Lipinski definition) is 1. The minimum atomic E-state index is 0.0567. The van der Waals surface area contributed by atoms with Gasteiger partial charge in [0.05, 0.1) is 6.10 Å². The highest BCUT2D eigenvalue weighted by atomic mass is 16.5. The van der Waals surface area contributed by atoms with Gasteiger partial charge in [0.25, 0.3) is 0 Å². The van der Waals surface area contributed by atoms with Crippen molar-refractivity contribution in [2.75, 3.05) is 13.7 Å². The van der Waals surface area contributed by atoms with Gasteiger partial charge in [0.2, 0.25) is 5.91 Å². The number of hydrogen-bond acceptors (Lipinski definition) is 3. The topological polar surface area (TPSA) is 55.6 Å². The van der Waals surface area contributed by atoms with Crippen molar-refractivity contribution in [1.29, 1.82) is 0 Å². The average molecular weight is 268 g/mol. The fraction of sp³-hybridized carbons (Fsp3) is 0.933. The number of nitrogens with two attached hydrogens (primary N) is 1. The predicted octanol–water partition coefficient (Wildman–Crippen LogP) is 1.78. The lowest BCUT2D eigenvalue weighted by Crippen LogP contribution is -2.62. The van der Waals surface area contributed by atoms with Gasteiger partial charge < -0.3 is 15.4 Å². The van der Waals surface area contributed by atoms with Crippen molar-refractivity contribution in [3.63, 3.8) is 0 Å². The highest BCUT2D eigenvalue weighted by molar-refractivity contribution is 5.79. The molecule has 110 valence electrons. The average Bonchev–Trinajstić information content (AvgIpc) is 2.79. The molecule has 0 saturated heterocycles. The van der Waals surface area contributed by atoms with Crippen molar-refractivity contribution in [3.8, 4) is 0 Å². The van der Waals surface area contributed by atoms with Gasteiger partial charge >= 0.3 is 0 Å². The van der Waals surface area contributed by atoms with Crippen molar-refractivity contribution >= 4 is 5.91 Å². The van der Waals surface area contributed by atoms with Crippen LogP contribution in [-0.2, 0) is 9.53 Å². The van der Waals surface area contributed by atoms with Gasteiger partial charge in [-0.3, -0.25) is 4.79 Å². The van der Waals surface area contributed by atoms with E-state index in [1.807, 2.05) is 18.9 Å². The minimum absolute atomic E-state index is 0.0567. The summed E-state index contributed by atoms with van der Waals surface area (Å²) in [6, 6.07) is 0.515. The Morgan fingerprint density at radius 2 is 2.05 bits per heavy atom. The van der Waals surface area contributed by atoms with E-state index < -0.39 is 0 Å². The normalized spacial score (nSPS) is 36.9. The Bertz CT molecular complexity index is 343. The molecule has 4 atom stereocenters. The first-order valence-electron chi connectivity index (χ1n) is 7.51. The summed E-state index contributed by atoms with van der Waals surface area (Å²) in [7, 11) is 1.95. The summed E-state index contributed by atoms with van der Waals surface area (Å²) in [6.07, 6.45) is 4.03. The van der Waals surface area contributed by atoms with Crippen LogP contribution in [0.5, 0.6) is 0 Å². The molecule has 1 amide bonds. The Labute approximate surface area is 116 Å². The molecule has 2 saturated carbocycles. The number of ether oxygens (including phenoxy) is 1. The first-order chi connectivity index (χ1) is 8.87. The second-order valence-corrected chi connectivity index (χ2v) is 6.74. The fourth-order valence-electron chi connectivity index (χ4n) is 3.69. The first-order valence-corrected chi connectivity index (χ1v) is 7.51. The quantitative estimate of drug-likeness (QED) is 0.845. The maximum atomic E-state index is 12.5. The molecular weight excluding hydrogens is 240 g/mol. The van der Waals surface area contributed by atoms with Crippen LogP contribution >= 0.6 is 0 Å². The van der Waals surface area contributed by atoms with Crippen LogP contribution in [0, 0.1) is 11.3 Å². The fourth-order valence-corrected chi connectivity index (χ4v) is 3.69. The van der Waals surface area contributed by atoms with E-state index in [0.29, 0.717) is 6.04 Å². The summed E-state index contributed by atoms with van der Waals surface area (Å²) in [6.45, 7) is 7.17. The molecule has 4 heteroatoms. The standard InChI is InChI=1S/C15H28N2O2/c1-5-19-13-9-12(15(13,2)3)17(4)14(18)10-6-7-11(16)8-10/h10-13H,5-9,16H2,1-4H3/t10-,11+,12+,13-/m1/s1. The number of nitrogens with zero attached hydrogens (tertiary/aromatic N) is 1. The second kappa shape index (κ2) is 5.41. The maximum Gasteiger partial charge on any atom is 0.225 e. The van der Waals surface area contributed by atoms with Gasteiger partial charge in [-0.1, -0.05) is 13.8 Å². The molecule has 0 heterocycles. The molecular formula is C15H28N2O2. The third kappa shape index (κ3) is 2.65. The van der Waals surface area contributed by atoms with Gasteiger partial charge in [-0.05, 0) is 32.6 Å². The van der Waals surface area contributed by atoms with Crippen LogP contribution in [0.2, 0.25) is 0 Å². The molecule has 4 nitrogen and oxygen atoms in total. The van der Waals surface area contributed by atoms with Crippen LogP contribution in [0.15, 0.2) is 0 Å². The maximum absolute atomic E-state index is 12.5. The predicted molar refractivity (Wildman–Crippen MR) is 75.7 cm³/mol. The molecule has 0 aromatic rings. The molecule has 19 heavy (non-hydrogen) atoms. The summed E-state index contributed by atoms with van der Waals surface area (Å²) in [5, 5.41) is 0. The molecule has 0 unspecified atom stereocenters. The van der Waals surface area contributed by atoms with Crippen molar-refractivity contribution in [3.05, 3.63) is 0 Å². The Morgan fingerprint density at radius 3 is 2.53 bits per heavy atom. The number of amides is 1. The lowest BCUT2D eigenvalue weighted by Gasteiger charge is -2.55. The van der Waals surface area contributed by atoms with E-state index in [0.717, 1.165) is 32.3 Å². The number of rotatable bonds is 4. The highest BCUT2D eigenvalue weighted by Gasteiger charge is 2.52. The zero-order chi connectivity index (χ0) is 14.2. The van der Waals surface area contributed by atoms with Crippen LogP contribution in [0.3, 0.4) is 0 Å². The smallest absolute Gasteiger partial charge is 0.225 e. The Morgan fingerprint density at radius 1 is 1.37 bits per heavy atom. The third-order valence-corrected chi connectivity index (χ3v) is 5.13. The van der Waals surface area contributed by atoms with Crippen LogP contribution in [0.4, 0.5) is 0 Å². The Kier molecular flexibility index (Phi) is 4.21. The molecule has 2 aliphatic rings. The molecule has 0 aliphatic heterocycles. The Balaban J connectivity index is 1.94. The van der Waals surface area contributed by atoms with Crippen molar-refractivity contribution < 1.29 is 9.53 Å². The van der Waals surface area contributed by atoms with E-state index >= 15 is 0 Å². The van der Waals surface area contributed by atoms with Gasteiger partial charge in [-0.25, -0.2) is 0 Å². The molecule has 0 aromatic carbocycles. The molecule has 2 rings (SSSR count). The molecule has 0 radical (unpaired) electrons. The van der Waals surface area contributed by atoms with E-state index in [1.165, 1.54) is 0 Å². The summed E-state index contributed by atoms with van der Waals surface area (Å²) < 4.78 is 5.74. The van der Waals surface area contributed by atoms with Crippen LogP contribution in [0.25, 0.3) is 0 Å². The molecule has 2 N–H and O–H groups in total. The first kappa shape index (κ1) is 14.8. The molecule has 0 bridgehead atoms. The zero-order valence-corrected chi connectivity index (χ0v) is 12.7. The van der Waals surface area contributed by atoms with Gasteiger partial charge in [0.1, 0.15) is 0 Å². The van der Waals surface area contributed by atoms with Crippen LogP contribution in [-0.4, -0.2) is 42.6 Å². The minimum Gasteiger partial charge on any atom is -0.378 e. The van der Waals surface area contributed by atoms with Gasteiger partial charge in [-0.15, -0.1) is 0 Å². The Hall–Kier alpha value is -0.610. The molecule has 0 aromatic heterocycles. The summed E-state index contributed by atoms with van der Waals surface area (Å²) in [5.41, 5.74) is 5.97. The molecule has 0 spiro atoms. The van der Waals surface area contributed by atoms with Crippen LogP contribution < -0.4 is 5.73 Å². The van der Waals surface area contributed by atoms with E-state index in [9.17, 15) is 4.79 Å². The monoisotopic (exact) mass is 268 g/mol. The van der Waals surface area contributed by atoms with Gasteiger partial charge in [-0.2, -0.15) is 0 Å². The van der Waals surface area contributed by atoms with E-state index in [4.69, 9.17) is 10.5 Å². The van der Waals surface area contributed by atoms with Gasteiger partial charge in [0.15, 0.2) is 0 Å². The third-order valence-electron chi connectivity index (χ3n) is 5.13. The SMILES string of the molecule is CCO[C@@H]1C[C@H](N(C)C(=O)[C@@H]2CC[C@H](N)C2)C1(C)C. The van der Waals surface area contributed by atoms with Crippen molar-refractivity contribution in [1.82, 2.24) is 4.90 Å². The lowest BCUT2D eigenvalue weighted by molar-refractivity contribution is -0.166. The largest absolute Gasteiger partial charge is 0.378 e. The molecule has 2 aliphatic carbocycles. The van der Waals surface area contributed by atoms with Gasteiger partial charge in [0, 0.05) is 37.1 Å². The van der Waals surface area contributed by atoms with E-state index in [-0.39, 0.29) is 29.4 Å². The highest BCUT2D eigenvalue weighted by Crippen LogP contribution is 2.46. The van der Waals surface area contributed by atoms with E-state index in [1.54, 1.807) is 0 Å². The summed E-state index contributed by atoms with van der Waals surface area (Å²) >= 11 is 0. The number of carbonyl (C=O) groups excluding carboxylic acids is 1. The molecule has 2 fully saturated rings. The van der Waals surface area contributed by atoms with E-state index in [2.05, 4.69) is 13.8 Å². The number of carbonyl (C=O) groups is 1. The summed E-state index contributed by atoms with van der Waals surface area (Å²) in [5.74, 6) is 0.419. The van der Waals surface area contributed by atoms with Crippen LogP contribution in [0.1, 0.15) is 46.5 Å². The second-order valence-electron chi connectivity index (χ2n) is 6.74. The van der Waals surface area contributed by atoms with Crippen molar-refractivity contribution in [2.24, 2.45) is 17.1 Å². The van der Waals surface area contributed by atoms with Crippen molar-refractivity contribution in [2.45, 2.75) is 64.6 Å². The summed E-state index contributed by atoms with van der Waals surface area (Å²) in [4.78, 5) is 14.5. The lowest BCUT2D eigenvalue weighted by atomic mass is 9.63.